The van der Waals surface area contributed by atoms with E-state index < -0.39 is 30.3 Å². The summed E-state index contributed by atoms with van der Waals surface area (Å²) in [5, 5.41) is 29.1. The summed E-state index contributed by atoms with van der Waals surface area (Å²) in [6.45, 7) is 0.246. The summed E-state index contributed by atoms with van der Waals surface area (Å²) in [5.74, 6) is -2.16. The molecule has 3 N–H and O–H groups in total. The third kappa shape index (κ3) is 5.24. The molecule has 1 saturated heterocycles. The molecular formula is C18H22F2N6O4S. The van der Waals surface area contributed by atoms with Crippen LogP contribution in [0.25, 0.3) is 5.69 Å². The number of hydrogen-bond donors (Lipinski definition) is 3. The molecule has 31 heavy (non-hydrogen) atoms. The first-order chi connectivity index (χ1) is 14.8. The molecule has 1 aromatic heterocycles. The summed E-state index contributed by atoms with van der Waals surface area (Å²) >= 11 is 4.87. The van der Waals surface area contributed by atoms with E-state index in [4.69, 9.17) is 22.1 Å². The lowest BCUT2D eigenvalue weighted by atomic mass is 10.2. The number of anilines is 1. The summed E-state index contributed by atoms with van der Waals surface area (Å²) in [6, 6.07) is 2.30. The molecule has 13 heteroatoms. The number of halogens is 2. The van der Waals surface area contributed by atoms with Crippen molar-refractivity contribution < 1.29 is 28.5 Å². The lowest BCUT2D eigenvalue weighted by Crippen LogP contribution is -2.52. The van der Waals surface area contributed by atoms with Crippen LogP contribution in [0.5, 0.6) is 0 Å². The number of aliphatic hydroxyl groups is 2. The molecule has 0 spiro atoms. The topological polar surface area (TPSA) is 116 Å². The Labute approximate surface area is 182 Å². The predicted octanol–water partition coefficient (Wildman–Crippen LogP) is -0.432. The Hall–Kier alpha value is -2.90. The Balaban J connectivity index is 1.70. The summed E-state index contributed by atoms with van der Waals surface area (Å²) in [6.07, 6.45) is 0.0166. The molecule has 2 aromatic rings. The maximum Gasteiger partial charge on any atom is 0.256 e. The molecule has 0 saturated carbocycles. The van der Waals surface area contributed by atoms with Gasteiger partial charge in [0, 0.05) is 38.3 Å². The minimum atomic E-state index is -1.49. The van der Waals surface area contributed by atoms with Crippen LogP contribution in [0, 0.1) is 11.6 Å². The van der Waals surface area contributed by atoms with Crippen molar-refractivity contribution in [2.24, 2.45) is 0 Å². The number of carbonyl (C=O) groups is 1. The van der Waals surface area contributed by atoms with E-state index in [2.05, 4.69) is 15.6 Å². The van der Waals surface area contributed by atoms with Crippen molar-refractivity contribution >= 4 is 29.0 Å². The highest BCUT2D eigenvalue weighted by molar-refractivity contribution is 7.80. The van der Waals surface area contributed by atoms with Crippen LogP contribution in [-0.4, -0.2) is 87.2 Å². The number of hydrogen-bond acceptors (Lipinski definition) is 8. The van der Waals surface area contributed by atoms with Gasteiger partial charge >= 0.3 is 0 Å². The summed E-state index contributed by atoms with van der Waals surface area (Å²) in [7, 11) is 1.43. The van der Waals surface area contributed by atoms with Gasteiger partial charge in [-0.3, -0.25) is 4.79 Å². The summed E-state index contributed by atoms with van der Waals surface area (Å²) in [5.41, 5.74) is 0.452. The van der Waals surface area contributed by atoms with E-state index >= 15 is 0 Å². The van der Waals surface area contributed by atoms with Crippen molar-refractivity contribution in [3.63, 3.8) is 0 Å². The minimum absolute atomic E-state index is 0.159. The number of aliphatic hydroxyl groups excluding tert-OH is 2. The van der Waals surface area contributed by atoms with E-state index in [-0.39, 0.29) is 49.3 Å². The second-order valence-corrected chi connectivity index (χ2v) is 7.14. The highest BCUT2D eigenvalue weighted by Gasteiger charge is 2.28. The SMILES string of the molecule is COC(=S)NCc1cn(-c2cc(F)c(N3CCN(C(=O)[C@H](O)CO)CC3)c(F)c2)nn1. The fourth-order valence-electron chi connectivity index (χ4n) is 3.17. The molecule has 1 aliphatic rings. The average molecular weight is 456 g/mol. The van der Waals surface area contributed by atoms with E-state index in [9.17, 15) is 18.7 Å². The van der Waals surface area contributed by atoms with E-state index in [0.29, 0.717) is 5.69 Å². The monoisotopic (exact) mass is 456 g/mol. The molecule has 0 radical (unpaired) electrons. The van der Waals surface area contributed by atoms with Crippen LogP contribution in [-0.2, 0) is 16.1 Å². The van der Waals surface area contributed by atoms with E-state index in [1.807, 2.05) is 0 Å². The van der Waals surface area contributed by atoms with Gasteiger partial charge in [0.05, 0.1) is 32.1 Å². The number of benzene rings is 1. The van der Waals surface area contributed by atoms with E-state index in [1.54, 1.807) is 0 Å². The number of thiocarbonyl (C=S) groups is 1. The second kappa shape index (κ2) is 9.94. The third-order valence-corrected chi connectivity index (χ3v) is 5.08. The Morgan fingerprint density at radius 1 is 1.29 bits per heavy atom. The minimum Gasteiger partial charge on any atom is -0.474 e. The zero-order valence-corrected chi connectivity index (χ0v) is 17.5. The fourth-order valence-corrected chi connectivity index (χ4v) is 3.24. The van der Waals surface area contributed by atoms with Gasteiger partial charge in [0.1, 0.15) is 11.4 Å². The van der Waals surface area contributed by atoms with Gasteiger partial charge in [-0.15, -0.1) is 5.10 Å². The van der Waals surface area contributed by atoms with Crippen LogP contribution >= 0.6 is 12.2 Å². The standard InChI is InChI=1S/C18H22F2N6O4S/c1-30-18(31)21-8-11-9-26(23-22-11)12-6-13(19)16(14(20)7-12)24-2-4-25(5-3-24)17(29)15(28)10-27/h6-7,9,15,27-28H,2-5,8,10H2,1H3,(H,21,31)/t15-/m1/s1. The lowest BCUT2D eigenvalue weighted by molar-refractivity contribution is -0.142. The Morgan fingerprint density at radius 3 is 2.52 bits per heavy atom. The molecule has 0 unspecified atom stereocenters. The summed E-state index contributed by atoms with van der Waals surface area (Å²) < 4.78 is 35.6. The molecule has 1 amide bonds. The van der Waals surface area contributed by atoms with Gasteiger partial charge in [-0.1, -0.05) is 5.21 Å². The third-order valence-electron chi connectivity index (χ3n) is 4.77. The highest BCUT2D eigenvalue weighted by atomic mass is 32.1. The maximum absolute atomic E-state index is 14.8. The smallest absolute Gasteiger partial charge is 0.256 e. The quantitative estimate of drug-likeness (QED) is 0.498. The highest BCUT2D eigenvalue weighted by Crippen LogP contribution is 2.27. The molecule has 1 fully saturated rings. The fraction of sp³-hybridized carbons (Fsp3) is 0.444. The first kappa shape index (κ1) is 22.8. The molecule has 1 aliphatic heterocycles. The molecule has 0 aliphatic carbocycles. The molecule has 0 bridgehead atoms. The van der Waals surface area contributed by atoms with Crippen LogP contribution in [0.1, 0.15) is 5.69 Å². The van der Waals surface area contributed by atoms with E-state index in [0.717, 1.165) is 12.1 Å². The van der Waals surface area contributed by atoms with Crippen molar-refractivity contribution in [1.29, 1.82) is 0 Å². The first-order valence-corrected chi connectivity index (χ1v) is 9.80. The maximum atomic E-state index is 14.8. The molecule has 1 aromatic carbocycles. The van der Waals surface area contributed by atoms with Crippen molar-refractivity contribution in [3.05, 3.63) is 35.7 Å². The van der Waals surface area contributed by atoms with Crippen LogP contribution in [0.4, 0.5) is 14.5 Å². The van der Waals surface area contributed by atoms with E-state index in [1.165, 1.54) is 27.8 Å². The number of amides is 1. The first-order valence-electron chi connectivity index (χ1n) is 9.39. The van der Waals surface area contributed by atoms with Crippen LogP contribution in [0.3, 0.4) is 0 Å². The molecular weight excluding hydrogens is 434 g/mol. The van der Waals surface area contributed by atoms with Gasteiger partial charge in [0.15, 0.2) is 17.7 Å². The Morgan fingerprint density at radius 2 is 1.94 bits per heavy atom. The zero-order chi connectivity index (χ0) is 22.5. The zero-order valence-electron chi connectivity index (χ0n) is 16.7. The molecule has 3 rings (SSSR count). The second-order valence-electron chi connectivity index (χ2n) is 6.77. The Kier molecular flexibility index (Phi) is 7.30. The van der Waals surface area contributed by atoms with Gasteiger partial charge in [0.25, 0.3) is 11.1 Å². The molecule has 168 valence electrons. The van der Waals surface area contributed by atoms with Crippen molar-refractivity contribution in [2.45, 2.75) is 12.6 Å². The summed E-state index contributed by atoms with van der Waals surface area (Å²) in [4.78, 5) is 14.8. The number of rotatable bonds is 6. The normalized spacial score (nSPS) is 15.0. The van der Waals surface area contributed by atoms with Gasteiger partial charge < -0.3 is 30.1 Å². The largest absolute Gasteiger partial charge is 0.474 e. The van der Waals surface area contributed by atoms with Gasteiger partial charge in [-0.05, 0) is 12.2 Å². The number of carbonyl (C=O) groups excluding carboxylic acids is 1. The van der Waals surface area contributed by atoms with Crippen molar-refractivity contribution in [2.75, 3.05) is 44.8 Å². The van der Waals surface area contributed by atoms with Gasteiger partial charge in [-0.2, -0.15) is 0 Å². The van der Waals surface area contributed by atoms with Crippen molar-refractivity contribution in [3.8, 4) is 5.69 Å². The van der Waals surface area contributed by atoms with Gasteiger partial charge in [0.2, 0.25) is 0 Å². The average Bonchev–Trinajstić information content (AvgIpc) is 3.25. The number of nitrogens with one attached hydrogen (secondary N) is 1. The van der Waals surface area contributed by atoms with Crippen LogP contribution in [0.15, 0.2) is 18.3 Å². The Bertz CT molecular complexity index is 928. The predicted molar refractivity (Wildman–Crippen MR) is 110 cm³/mol. The van der Waals surface area contributed by atoms with Crippen LogP contribution < -0.4 is 10.2 Å². The number of aromatic nitrogens is 3. The lowest BCUT2D eigenvalue weighted by Gasteiger charge is -2.37. The van der Waals surface area contributed by atoms with Crippen LogP contribution in [0.2, 0.25) is 0 Å². The van der Waals surface area contributed by atoms with Gasteiger partial charge in [-0.25, -0.2) is 13.5 Å². The number of nitrogens with zero attached hydrogens (tertiary/aromatic N) is 5. The molecule has 2 heterocycles. The number of piperazine rings is 1. The van der Waals surface area contributed by atoms with Crippen molar-refractivity contribution in [1.82, 2.24) is 25.2 Å². The molecule has 10 nitrogen and oxygen atoms in total. The molecule has 1 atom stereocenters. The number of methoxy groups -OCH3 is 1. The number of ether oxygens (including phenoxy) is 1.